The molecule has 0 aliphatic carbocycles. The minimum Gasteiger partial charge on any atom is -0.497 e. The normalized spacial score (nSPS) is 11.2. The molecule has 3 aromatic rings. The molecule has 0 saturated carbocycles. The van der Waals surface area contributed by atoms with Crippen molar-refractivity contribution in [2.75, 3.05) is 13.7 Å². The van der Waals surface area contributed by atoms with Crippen LogP contribution in [0.2, 0.25) is 0 Å². The largest absolute Gasteiger partial charge is 0.497 e. The first kappa shape index (κ1) is 19.2. The van der Waals surface area contributed by atoms with Gasteiger partial charge in [-0.05, 0) is 61.9 Å². The Kier molecular flexibility index (Phi) is 6.06. The average molecular weight is 378 g/mol. The van der Waals surface area contributed by atoms with E-state index >= 15 is 0 Å². The second-order valence-electron chi connectivity index (χ2n) is 5.96. The van der Waals surface area contributed by atoms with Gasteiger partial charge in [0.1, 0.15) is 17.2 Å². The van der Waals surface area contributed by atoms with Crippen LogP contribution < -0.4 is 14.9 Å². The van der Waals surface area contributed by atoms with Gasteiger partial charge in [-0.2, -0.15) is 10.2 Å². The summed E-state index contributed by atoms with van der Waals surface area (Å²) < 4.78 is 10.8. The van der Waals surface area contributed by atoms with E-state index in [4.69, 9.17) is 9.47 Å². The van der Waals surface area contributed by atoms with Crippen molar-refractivity contribution < 1.29 is 14.3 Å². The van der Waals surface area contributed by atoms with E-state index in [1.54, 1.807) is 13.2 Å². The Bertz CT molecular complexity index is 977. The van der Waals surface area contributed by atoms with Crippen molar-refractivity contribution in [2.45, 2.75) is 13.8 Å². The number of rotatable bonds is 7. The summed E-state index contributed by atoms with van der Waals surface area (Å²) in [7, 11) is 1.61. The van der Waals surface area contributed by atoms with Crippen molar-refractivity contribution >= 4 is 11.6 Å². The smallest absolute Gasteiger partial charge is 0.289 e. The summed E-state index contributed by atoms with van der Waals surface area (Å²) in [6.45, 7) is 4.29. The zero-order chi connectivity index (χ0) is 19.9. The van der Waals surface area contributed by atoms with Crippen LogP contribution in [0.1, 0.15) is 29.9 Å². The van der Waals surface area contributed by atoms with Crippen LogP contribution in [0.3, 0.4) is 0 Å². The molecule has 1 aromatic heterocycles. The van der Waals surface area contributed by atoms with E-state index in [1.165, 1.54) is 0 Å². The molecule has 7 nitrogen and oxygen atoms in total. The third-order valence-electron chi connectivity index (χ3n) is 4.12. The van der Waals surface area contributed by atoms with Crippen LogP contribution in [0, 0.1) is 0 Å². The van der Waals surface area contributed by atoms with E-state index < -0.39 is 0 Å². The number of benzene rings is 2. The Balaban J connectivity index is 1.72. The van der Waals surface area contributed by atoms with Gasteiger partial charge in [0, 0.05) is 5.56 Å². The summed E-state index contributed by atoms with van der Waals surface area (Å²) in [6.07, 6.45) is 0. The van der Waals surface area contributed by atoms with Gasteiger partial charge < -0.3 is 9.47 Å². The van der Waals surface area contributed by atoms with Crippen molar-refractivity contribution in [1.29, 1.82) is 0 Å². The van der Waals surface area contributed by atoms with Crippen molar-refractivity contribution in [3.63, 3.8) is 0 Å². The third kappa shape index (κ3) is 4.37. The number of aromatic nitrogens is 2. The van der Waals surface area contributed by atoms with E-state index in [9.17, 15) is 4.79 Å². The van der Waals surface area contributed by atoms with Gasteiger partial charge in [-0.15, -0.1) is 0 Å². The standard InChI is InChI=1S/C21H22N4O3/c1-4-28-20-8-6-5-7-17(20)18-13-19(24-23-18)21(26)25-22-14(2)15-9-11-16(27-3)12-10-15/h5-13H,4H2,1-3H3,(H,23,24)(H,25,26). The van der Waals surface area contributed by atoms with E-state index in [0.717, 1.165) is 22.6 Å². The topological polar surface area (TPSA) is 88.6 Å². The molecule has 0 spiro atoms. The number of aromatic amines is 1. The molecule has 0 radical (unpaired) electrons. The summed E-state index contributed by atoms with van der Waals surface area (Å²) in [5.41, 5.74) is 5.87. The van der Waals surface area contributed by atoms with Gasteiger partial charge >= 0.3 is 0 Å². The second kappa shape index (κ2) is 8.85. The number of nitrogens with one attached hydrogen (secondary N) is 2. The molecule has 3 rings (SSSR count). The number of H-pyrrole nitrogens is 1. The van der Waals surface area contributed by atoms with Crippen molar-refractivity contribution in [1.82, 2.24) is 15.6 Å². The fraction of sp³-hybridized carbons (Fsp3) is 0.190. The quantitative estimate of drug-likeness (QED) is 0.485. The Morgan fingerprint density at radius 1 is 1.18 bits per heavy atom. The van der Waals surface area contributed by atoms with Crippen molar-refractivity contribution in [3.8, 4) is 22.8 Å². The maximum atomic E-state index is 12.4. The van der Waals surface area contributed by atoms with Crippen LogP contribution in [0.4, 0.5) is 0 Å². The molecule has 28 heavy (non-hydrogen) atoms. The highest BCUT2D eigenvalue weighted by Gasteiger charge is 2.13. The van der Waals surface area contributed by atoms with Crippen LogP contribution >= 0.6 is 0 Å². The number of hydrogen-bond acceptors (Lipinski definition) is 5. The number of para-hydroxylation sites is 1. The molecule has 0 aliphatic heterocycles. The molecular weight excluding hydrogens is 356 g/mol. The molecule has 0 fully saturated rings. The minimum atomic E-state index is -0.375. The second-order valence-corrected chi connectivity index (χ2v) is 5.96. The molecule has 2 N–H and O–H groups in total. The highest BCUT2D eigenvalue weighted by molar-refractivity contribution is 6.00. The first-order chi connectivity index (χ1) is 13.6. The van der Waals surface area contributed by atoms with E-state index in [2.05, 4.69) is 20.7 Å². The number of methoxy groups -OCH3 is 1. The summed E-state index contributed by atoms with van der Waals surface area (Å²) in [6, 6.07) is 16.7. The van der Waals surface area contributed by atoms with E-state index in [-0.39, 0.29) is 5.91 Å². The lowest BCUT2D eigenvalue weighted by Gasteiger charge is -2.07. The van der Waals surface area contributed by atoms with Crippen LogP contribution in [-0.2, 0) is 0 Å². The van der Waals surface area contributed by atoms with Gasteiger partial charge in [0.25, 0.3) is 5.91 Å². The zero-order valence-electron chi connectivity index (χ0n) is 16.0. The maximum Gasteiger partial charge on any atom is 0.289 e. The first-order valence-electron chi connectivity index (χ1n) is 8.89. The molecule has 0 unspecified atom stereocenters. The Morgan fingerprint density at radius 3 is 2.64 bits per heavy atom. The van der Waals surface area contributed by atoms with E-state index in [0.29, 0.717) is 23.7 Å². The monoisotopic (exact) mass is 378 g/mol. The Morgan fingerprint density at radius 2 is 1.93 bits per heavy atom. The fourth-order valence-corrected chi connectivity index (χ4v) is 2.63. The number of nitrogens with zero attached hydrogens (tertiary/aromatic N) is 2. The highest BCUT2D eigenvalue weighted by atomic mass is 16.5. The minimum absolute atomic E-state index is 0.313. The summed E-state index contributed by atoms with van der Waals surface area (Å²) >= 11 is 0. The first-order valence-corrected chi connectivity index (χ1v) is 8.89. The average Bonchev–Trinajstić information content (AvgIpc) is 3.22. The van der Waals surface area contributed by atoms with Gasteiger partial charge in [-0.25, -0.2) is 5.43 Å². The zero-order valence-corrected chi connectivity index (χ0v) is 16.0. The number of amides is 1. The SMILES string of the molecule is CCOc1ccccc1-c1cc(C(=O)NN=C(C)c2ccc(OC)cc2)[nH]n1. The predicted octanol–water partition coefficient (Wildman–Crippen LogP) is 3.64. The lowest BCUT2D eigenvalue weighted by Crippen LogP contribution is -2.19. The third-order valence-corrected chi connectivity index (χ3v) is 4.12. The molecule has 1 amide bonds. The van der Waals surface area contributed by atoms with Crippen LogP contribution in [0.15, 0.2) is 59.7 Å². The van der Waals surface area contributed by atoms with Gasteiger partial charge in [0.15, 0.2) is 0 Å². The number of ether oxygens (including phenoxy) is 2. The lowest BCUT2D eigenvalue weighted by atomic mass is 10.1. The predicted molar refractivity (Wildman–Crippen MR) is 108 cm³/mol. The molecular formula is C21H22N4O3. The van der Waals surface area contributed by atoms with Crippen LogP contribution in [-0.4, -0.2) is 35.5 Å². The Labute approximate surface area is 163 Å². The van der Waals surface area contributed by atoms with Crippen molar-refractivity contribution in [3.05, 3.63) is 65.9 Å². The molecule has 0 saturated heterocycles. The maximum absolute atomic E-state index is 12.4. The summed E-state index contributed by atoms with van der Waals surface area (Å²) in [5, 5.41) is 11.1. The molecule has 2 aromatic carbocycles. The molecule has 0 atom stereocenters. The highest BCUT2D eigenvalue weighted by Crippen LogP contribution is 2.28. The van der Waals surface area contributed by atoms with Crippen LogP contribution in [0.5, 0.6) is 11.5 Å². The fourth-order valence-electron chi connectivity index (χ4n) is 2.63. The van der Waals surface area contributed by atoms with Gasteiger partial charge in [0.2, 0.25) is 0 Å². The number of hydrazone groups is 1. The molecule has 0 aliphatic rings. The van der Waals surface area contributed by atoms with Gasteiger partial charge in [-0.1, -0.05) is 12.1 Å². The molecule has 1 heterocycles. The Hall–Kier alpha value is -3.61. The molecule has 0 bridgehead atoms. The summed E-state index contributed by atoms with van der Waals surface area (Å²) in [4.78, 5) is 12.4. The number of hydrogen-bond donors (Lipinski definition) is 2. The molecule has 144 valence electrons. The van der Waals surface area contributed by atoms with Gasteiger partial charge in [0.05, 0.1) is 25.1 Å². The number of carbonyl (C=O) groups excluding carboxylic acids is 1. The van der Waals surface area contributed by atoms with E-state index in [1.807, 2.05) is 62.4 Å². The van der Waals surface area contributed by atoms with Crippen molar-refractivity contribution in [2.24, 2.45) is 5.10 Å². The number of carbonyl (C=O) groups is 1. The molecule has 7 heteroatoms. The van der Waals surface area contributed by atoms with Crippen LogP contribution in [0.25, 0.3) is 11.3 Å². The lowest BCUT2D eigenvalue weighted by molar-refractivity contribution is 0.0950. The van der Waals surface area contributed by atoms with Gasteiger partial charge in [-0.3, -0.25) is 9.89 Å². The summed E-state index contributed by atoms with van der Waals surface area (Å²) in [5.74, 6) is 1.11.